The molecular weight excluding hydrogens is 112 g/mol. The lowest BCUT2D eigenvalue weighted by atomic mass is 10.6. The van der Waals surface area contributed by atoms with Crippen molar-refractivity contribution in [2.75, 3.05) is 5.73 Å². The summed E-state index contributed by atoms with van der Waals surface area (Å²) >= 11 is 0.985. The highest BCUT2D eigenvalue weighted by molar-refractivity contribution is 7.08. The molecule has 4 heteroatoms. The van der Waals surface area contributed by atoms with Gasteiger partial charge in [0.15, 0.2) is 0 Å². The van der Waals surface area contributed by atoms with E-state index in [9.17, 15) is 0 Å². The molecule has 0 saturated carbocycles. The Morgan fingerprint density at radius 1 is 1.86 bits per heavy atom. The van der Waals surface area contributed by atoms with Gasteiger partial charge in [0.25, 0.3) is 0 Å². The molecule has 1 aromatic heterocycles. The van der Waals surface area contributed by atoms with Crippen molar-refractivity contribution in [1.82, 2.24) is 4.37 Å². The maximum Gasteiger partial charge on any atom is 0.214 e. The van der Waals surface area contributed by atoms with Gasteiger partial charge in [-0.25, -0.2) is 0 Å². The number of rotatable bonds is 0. The summed E-state index contributed by atoms with van der Waals surface area (Å²) in [6, 6.07) is 0. The Hall–Kier alpha value is -0.770. The van der Waals surface area contributed by atoms with Crippen LogP contribution in [0, 0.1) is 0 Å². The van der Waals surface area contributed by atoms with E-state index in [0.29, 0.717) is 5.69 Å². The highest BCUT2D eigenvalue weighted by Gasteiger charge is 1.93. The highest BCUT2D eigenvalue weighted by atomic mass is 32.1. The second-order valence-corrected chi connectivity index (χ2v) is 1.87. The van der Waals surface area contributed by atoms with E-state index in [-0.39, 0.29) is 5.06 Å². The van der Waals surface area contributed by atoms with Gasteiger partial charge in [0, 0.05) is 11.5 Å². The van der Waals surface area contributed by atoms with E-state index in [0.717, 1.165) is 11.5 Å². The molecule has 0 aromatic carbocycles. The number of aromatic hydroxyl groups is 1. The molecule has 1 rings (SSSR count). The molecule has 0 radical (unpaired) electrons. The first-order valence-electron chi connectivity index (χ1n) is 1.70. The molecule has 0 saturated heterocycles. The van der Waals surface area contributed by atoms with Crippen LogP contribution in [0.5, 0.6) is 5.06 Å². The van der Waals surface area contributed by atoms with E-state index in [4.69, 9.17) is 10.8 Å². The molecule has 38 valence electrons. The van der Waals surface area contributed by atoms with E-state index in [2.05, 4.69) is 4.37 Å². The monoisotopic (exact) mass is 116 g/mol. The molecule has 1 aromatic rings. The second kappa shape index (κ2) is 1.38. The SMILES string of the molecule is Nc1cnsc1O. The Morgan fingerprint density at radius 3 is 2.71 bits per heavy atom. The van der Waals surface area contributed by atoms with Crippen molar-refractivity contribution in [1.29, 1.82) is 0 Å². The predicted octanol–water partition coefficient (Wildman–Crippen LogP) is 0.431. The molecule has 0 aliphatic heterocycles. The summed E-state index contributed by atoms with van der Waals surface area (Å²) < 4.78 is 3.59. The summed E-state index contributed by atoms with van der Waals surface area (Å²) in [5.41, 5.74) is 5.49. The quantitative estimate of drug-likeness (QED) is 0.516. The van der Waals surface area contributed by atoms with Gasteiger partial charge in [-0.3, -0.25) is 0 Å². The van der Waals surface area contributed by atoms with E-state index >= 15 is 0 Å². The Bertz CT molecular complexity index is 145. The highest BCUT2D eigenvalue weighted by Crippen LogP contribution is 2.22. The summed E-state index contributed by atoms with van der Waals surface area (Å²) in [6.07, 6.45) is 1.42. The first kappa shape index (κ1) is 4.39. The Labute approximate surface area is 44.6 Å². The van der Waals surface area contributed by atoms with E-state index in [1.165, 1.54) is 6.20 Å². The normalized spacial score (nSPS) is 9.14. The van der Waals surface area contributed by atoms with Crippen molar-refractivity contribution >= 4 is 17.2 Å². The van der Waals surface area contributed by atoms with Crippen LogP contribution < -0.4 is 5.73 Å². The minimum atomic E-state index is 0.0972. The van der Waals surface area contributed by atoms with Gasteiger partial charge in [0.05, 0.1) is 6.20 Å². The molecule has 0 bridgehead atoms. The van der Waals surface area contributed by atoms with Gasteiger partial charge in [-0.1, -0.05) is 0 Å². The summed E-state index contributed by atoms with van der Waals surface area (Å²) in [6.45, 7) is 0. The lowest BCUT2D eigenvalue weighted by Crippen LogP contribution is -1.77. The third-order valence-electron chi connectivity index (χ3n) is 0.578. The molecule has 3 nitrogen and oxygen atoms in total. The number of aromatic nitrogens is 1. The number of hydrogen-bond donors (Lipinski definition) is 2. The van der Waals surface area contributed by atoms with Crippen molar-refractivity contribution < 1.29 is 5.11 Å². The van der Waals surface area contributed by atoms with E-state index in [1.54, 1.807) is 0 Å². The van der Waals surface area contributed by atoms with Gasteiger partial charge in [-0.2, -0.15) is 4.37 Å². The molecule has 0 amide bonds. The van der Waals surface area contributed by atoms with Crippen LogP contribution in [-0.2, 0) is 0 Å². The summed E-state index contributed by atoms with van der Waals surface area (Å²) in [5, 5.41) is 8.69. The first-order chi connectivity index (χ1) is 3.30. The van der Waals surface area contributed by atoms with Crippen molar-refractivity contribution in [3.05, 3.63) is 6.20 Å². The lowest BCUT2D eigenvalue weighted by Gasteiger charge is -1.78. The summed E-state index contributed by atoms with van der Waals surface area (Å²) in [5.74, 6) is 0. The molecule has 0 aliphatic carbocycles. The topological polar surface area (TPSA) is 59.1 Å². The van der Waals surface area contributed by atoms with Crippen LogP contribution in [-0.4, -0.2) is 9.48 Å². The van der Waals surface area contributed by atoms with Crippen molar-refractivity contribution in [3.63, 3.8) is 0 Å². The summed E-state index contributed by atoms with van der Waals surface area (Å²) in [4.78, 5) is 0. The third-order valence-corrected chi connectivity index (χ3v) is 1.20. The average molecular weight is 116 g/mol. The smallest absolute Gasteiger partial charge is 0.214 e. The maximum absolute atomic E-state index is 8.59. The van der Waals surface area contributed by atoms with Crippen LogP contribution >= 0.6 is 11.5 Å². The number of nitrogens with zero attached hydrogens (tertiary/aromatic N) is 1. The van der Waals surface area contributed by atoms with Crippen LogP contribution in [0.1, 0.15) is 0 Å². The fourth-order valence-electron chi connectivity index (χ4n) is 0.241. The molecule has 0 aliphatic rings. The van der Waals surface area contributed by atoms with Gasteiger partial charge in [-0.15, -0.1) is 0 Å². The van der Waals surface area contributed by atoms with Gasteiger partial charge in [0.2, 0.25) is 5.06 Å². The molecule has 1 heterocycles. The Kier molecular flexibility index (Phi) is 0.867. The lowest BCUT2D eigenvalue weighted by molar-refractivity contribution is 0.493. The molecular formula is C3H4N2OS. The number of hydrogen-bond acceptors (Lipinski definition) is 4. The fourth-order valence-corrected chi connectivity index (χ4v) is 0.665. The molecule has 7 heavy (non-hydrogen) atoms. The first-order valence-corrected chi connectivity index (χ1v) is 2.47. The molecule has 0 spiro atoms. The summed E-state index contributed by atoms with van der Waals surface area (Å²) in [7, 11) is 0. The molecule has 0 unspecified atom stereocenters. The van der Waals surface area contributed by atoms with Crippen LogP contribution in [0.15, 0.2) is 6.20 Å². The maximum atomic E-state index is 8.59. The van der Waals surface area contributed by atoms with E-state index in [1.807, 2.05) is 0 Å². The minimum Gasteiger partial charge on any atom is -0.497 e. The zero-order chi connectivity index (χ0) is 5.28. The van der Waals surface area contributed by atoms with E-state index < -0.39 is 0 Å². The Morgan fingerprint density at radius 2 is 2.57 bits per heavy atom. The fraction of sp³-hybridized carbons (Fsp3) is 0. The largest absolute Gasteiger partial charge is 0.497 e. The number of anilines is 1. The van der Waals surface area contributed by atoms with Crippen LogP contribution in [0.4, 0.5) is 5.69 Å². The minimum absolute atomic E-state index is 0.0972. The van der Waals surface area contributed by atoms with Crippen LogP contribution in [0.3, 0.4) is 0 Å². The second-order valence-electron chi connectivity index (χ2n) is 1.09. The standard InChI is InChI=1S/C3H4N2OS/c4-2-1-5-7-3(2)6/h1,6H,4H2. The number of nitrogens with two attached hydrogens (primary N) is 1. The van der Waals surface area contributed by atoms with Crippen LogP contribution in [0.25, 0.3) is 0 Å². The zero-order valence-corrected chi connectivity index (χ0v) is 4.27. The third kappa shape index (κ3) is 0.640. The van der Waals surface area contributed by atoms with Crippen molar-refractivity contribution in [3.8, 4) is 5.06 Å². The zero-order valence-electron chi connectivity index (χ0n) is 3.46. The molecule has 3 N–H and O–H groups in total. The van der Waals surface area contributed by atoms with Gasteiger partial charge >= 0.3 is 0 Å². The molecule has 0 atom stereocenters. The van der Waals surface area contributed by atoms with Gasteiger partial charge < -0.3 is 10.8 Å². The Balaban J connectivity index is 3.12. The predicted molar refractivity (Wildman–Crippen MR) is 28.2 cm³/mol. The van der Waals surface area contributed by atoms with Crippen LogP contribution in [0.2, 0.25) is 0 Å². The van der Waals surface area contributed by atoms with Gasteiger partial charge in [0.1, 0.15) is 5.69 Å². The van der Waals surface area contributed by atoms with Crippen molar-refractivity contribution in [2.45, 2.75) is 0 Å². The number of nitrogen functional groups attached to an aromatic ring is 1. The van der Waals surface area contributed by atoms with Crippen molar-refractivity contribution in [2.24, 2.45) is 0 Å². The van der Waals surface area contributed by atoms with Gasteiger partial charge in [-0.05, 0) is 0 Å². The molecule has 0 fully saturated rings. The average Bonchev–Trinajstić information content (AvgIpc) is 1.91.